The first-order chi connectivity index (χ1) is 8.27. The van der Waals surface area contributed by atoms with Gasteiger partial charge < -0.3 is 9.47 Å². The number of methoxy groups -OCH3 is 1. The molecule has 4 nitrogen and oxygen atoms in total. The summed E-state index contributed by atoms with van der Waals surface area (Å²) >= 11 is 0. The van der Waals surface area contributed by atoms with Crippen LogP contribution in [0.2, 0.25) is 0 Å². The molecule has 1 atom stereocenters. The van der Waals surface area contributed by atoms with E-state index in [9.17, 15) is 17.2 Å². The molecule has 0 aliphatic rings. The van der Waals surface area contributed by atoms with Crippen molar-refractivity contribution in [1.82, 2.24) is 0 Å². The van der Waals surface area contributed by atoms with Gasteiger partial charge in [0.05, 0.1) is 6.61 Å². The molecule has 0 radical (unpaired) electrons. The average Bonchev–Trinajstić information content (AvgIpc) is 2.23. The predicted molar refractivity (Wildman–Crippen MR) is 61.4 cm³/mol. The highest BCUT2D eigenvalue weighted by atomic mass is 35.7. The van der Waals surface area contributed by atoms with Gasteiger partial charge in [0.2, 0.25) is 5.82 Å². The van der Waals surface area contributed by atoms with Crippen LogP contribution in [0.5, 0.6) is 5.75 Å². The van der Waals surface area contributed by atoms with Crippen molar-refractivity contribution in [2.24, 2.45) is 0 Å². The summed E-state index contributed by atoms with van der Waals surface area (Å²) in [6.45, 7) is 1.77. The van der Waals surface area contributed by atoms with Gasteiger partial charge in [0.15, 0.2) is 11.6 Å². The molecule has 1 rings (SSSR count). The molecule has 1 aromatic carbocycles. The van der Waals surface area contributed by atoms with Gasteiger partial charge in [0.25, 0.3) is 9.05 Å². The fourth-order valence-electron chi connectivity index (χ4n) is 1.28. The molecule has 1 unspecified atom stereocenters. The van der Waals surface area contributed by atoms with E-state index in [1.54, 1.807) is 6.92 Å². The SMILES string of the molecule is COCC(C)Oc1ccc(S(=O)(=O)Cl)c(F)c1F. The van der Waals surface area contributed by atoms with E-state index in [1.807, 2.05) is 0 Å². The molecule has 8 heteroatoms. The normalized spacial score (nSPS) is 13.4. The van der Waals surface area contributed by atoms with Crippen LogP contribution in [0.25, 0.3) is 0 Å². The van der Waals surface area contributed by atoms with Gasteiger partial charge in [-0.25, -0.2) is 12.8 Å². The van der Waals surface area contributed by atoms with Gasteiger partial charge in [-0.15, -0.1) is 0 Å². The highest BCUT2D eigenvalue weighted by Gasteiger charge is 2.23. The lowest BCUT2D eigenvalue weighted by atomic mass is 10.3. The van der Waals surface area contributed by atoms with E-state index in [0.717, 1.165) is 12.1 Å². The molecule has 0 saturated carbocycles. The van der Waals surface area contributed by atoms with Crippen molar-refractivity contribution in [1.29, 1.82) is 0 Å². The Labute approximate surface area is 108 Å². The number of hydrogen-bond acceptors (Lipinski definition) is 4. The lowest BCUT2D eigenvalue weighted by Crippen LogP contribution is -2.19. The van der Waals surface area contributed by atoms with E-state index in [4.69, 9.17) is 20.2 Å². The van der Waals surface area contributed by atoms with Crippen molar-refractivity contribution < 1.29 is 26.7 Å². The highest BCUT2D eigenvalue weighted by molar-refractivity contribution is 8.13. The Morgan fingerprint density at radius 3 is 2.44 bits per heavy atom. The molecule has 1 aromatic rings. The summed E-state index contributed by atoms with van der Waals surface area (Å²) in [6.07, 6.45) is -0.512. The lowest BCUT2D eigenvalue weighted by Gasteiger charge is -2.14. The third-order valence-electron chi connectivity index (χ3n) is 2.00. The van der Waals surface area contributed by atoms with Crippen LogP contribution in [-0.4, -0.2) is 28.2 Å². The molecule has 0 fully saturated rings. The molecule has 102 valence electrons. The predicted octanol–water partition coefficient (Wildman–Crippen LogP) is 2.31. The summed E-state index contributed by atoms with van der Waals surface area (Å²) in [4.78, 5) is -0.923. The second-order valence-electron chi connectivity index (χ2n) is 3.51. The van der Waals surface area contributed by atoms with Crippen LogP contribution >= 0.6 is 10.7 Å². The van der Waals surface area contributed by atoms with E-state index < -0.39 is 37.4 Å². The maximum Gasteiger partial charge on any atom is 0.264 e. The first-order valence-electron chi connectivity index (χ1n) is 4.85. The Bertz CT molecular complexity index is 533. The minimum absolute atomic E-state index is 0.177. The standard InChI is InChI=1S/C10H11ClF2O4S/c1-6(5-16-2)17-7-3-4-8(18(11,14)15)10(13)9(7)12/h3-4,6H,5H2,1-2H3. The third kappa shape index (κ3) is 3.54. The van der Waals surface area contributed by atoms with Gasteiger partial charge in [-0.2, -0.15) is 4.39 Å². The summed E-state index contributed by atoms with van der Waals surface area (Å²) in [5, 5.41) is 0. The number of benzene rings is 1. The van der Waals surface area contributed by atoms with Crippen molar-refractivity contribution in [3.8, 4) is 5.75 Å². The first-order valence-corrected chi connectivity index (χ1v) is 7.16. The van der Waals surface area contributed by atoms with Crippen molar-refractivity contribution in [2.75, 3.05) is 13.7 Å². The molecule has 0 aromatic heterocycles. The molecule has 0 spiro atoms. The second kappa shape index (κ2) is 5.81. The monoisotopic (exact) mass is 300 g/mol. The van der Waals surface area contributed by atoms with Crippen molar-refractivity contribution in [2.45, 2.75) is 17.9 Å². The fourth-order valence-corrected chi connectivity index (χ4v) is 2.17. The summed E-state index contributed by atoms with van der Waals surface area (Å²) < 4.78 is 58.7. The van der Waals surface area contributed by atoms with E-state index in [-0.39, 0.29) is 6.61 Å². The van der Waals surface area contributed by atoms with Crippen LogP contribution in [0.3, 0.4) is 0 Å². The van der Waals surface area contributed by atoms with Gasteiger partial charge in [-0.1, -0.05) is 0 Å². The Kier molecular flexibility index (Phi) is 4.89. The molecular weight excluding hydrogens is 290 g/mol. The number of rotatable bonds is 5. The first kappa shape index (κ1) is 15.1. The Morgan fingerprint density at radius 2 is 1.94 bits per heavy atom. The third-order valence-corrected chi connectivity index (χ3v) is 3.34. The smallest absolute Gasteiger partial charge is 0.264 e. The number of hydrogen-bond donors (Lipinski definition) is 0. The summed E-state index contributed by atoms with van der Waals surface area (Å²) in [5.41, 5.74) is 0. The van der Waals surface area contributed by atoms with Crippen molar-refractivity contribution in [3.05, 3.63) is 23.8 Å². The quantitative estimate of drug-likeness (QED) is 0.783. The number of ether oxygens (including phenoxy) is 2. The van der Waals surface area contributed by atoms with Crippen LogP contribution < -0.4 is 4.74 Å². The Balaban J connectivity index is 3.09. The summed E-state index contributed by atoms with van der Waals surface area (Å²) in [5.74, 6) is -3.37. The van der Waals surface area contributed by atoms with Crippen LogP contribution in [0.15, 0.2) is 17.0 Å². The summed E-state index contributed by atoms with van der Waals surface area (Å²) in [7, 11) is 2.04. The van der Waals surface area contributed by atoms with Gasteiger partial charge in [-0.3, -0.25) is 0 Å². The average molecular weight is 301 g/mol. The van der Waals surface area contributed by atoms with E-state index >= 15 is 0 Å². The van der Waals surface area contributed by atoms with Crippen molar-refractivity contribution in [3.63, 3.8) is 0 Å². The van der Waals surface area contributed by atoms with Crippen LogP contribution in [0.4, 0.5) is 8.78 Å². The topological polar surface area (TPSA) is 52.6 Å². The van der Waals surface area contributed by atoms with Crippen LogP contribution in [0.1, 0.15) is 6.92 Å². The zero-order valence-corrected chi connectivity index (χ0v) is 11.2. The molecular formula is C10H11ClF2O4S. The second-order valence-corrected chi connectivity index (χ2v) is 6.05. The van der Waals surface area contributed by atoms with E-state index in [2.05, 4.69) is 0 Å². The highest BCUT2D eigenvalue weighted by Crippen LogP contribution is 2.28. The van der Waals surface area contributed by atoms with Crippen LogP contribution in [0, 0.1) is 11.6 Å². The van der Waals surface area contributed by atoms with Crippen LogP contribution in [-0.2, 0) is 13.8 Å². The molecule has 0 N–H and O–H groups in total. The van der Waals surface area contributed by atoms with Gasteiger partial charge in [0, 0.05) is 17.8 Å². The Morgan fingerprint density at radius 1 is 1.33 bits per heavy atom. The molecule has 0 aliphatic heterocycles. The molecule has 0 bridgehead atoms. The van der Waals surface area contributed by atoms with E-state index in [1.165, 1.54) is 7.11 Å². The maximum atomic E-state index is 13.5. The van der Waals surface area contributed by atoms with Gasteiger partial charge in [-0.05, 0) is 19.1 Å². The number of halogens is 3. The zero-order chi connectivity index (χ0) is 13.9. The minimum atomic E-state index is -4.33. The largest absolute Gasteiger partial charge is 0.485 e. The fraction of sp³-hybridized carbons (Fsp3) is 0.400. The minimum Gasteiger partial charge on any atom is -0.485 e. The molecule has 0 amide bonds. The molecule has 0 aliphatic carbocycles. The maximum absolute atomic E-state index is 13.5. The van der Waals surface area contributed by atoms with Gasteiger partial charge in [0.1, 0.15) is 11.0 Å². The van der Waals surface area contributed by atoms with Crippen molar-refractivity contribution >= 4 is 19.7 Å². The lowest BCUT2D eigenvalue weighted by molar-refractivity contribution is 0.0886. The molecule has 0 heterocycles. The Hall–Kier alpha value is -0.920. The van der Waals surface area contributed by atoms with E-state index in [0.29, 0.717) is 0 Å². The van der Waals surface area contributed by atoms with Gasteiger partial charge >= 0.3 is 0 Å². The zero-order valence-electron chi connectivity index (χ0n) is 9.61. The molecule has 0 saturated heterocycles. The molecule has 18 heavy (non-hydrogen) atoms. The summed E-state index contributed by atoms with van der Waals surface area (Å²) in [6, 6.07) is 1.84.